The van der Waals surface area contributed by atoms with Crippen LogP contribution in [-0.4, -0.2) is 62.8 Å². The number of carbonyl (C=O) groups excluding carboxylic acids is 1. The van der Waals surface area contributed by atoms with E-state index in [0.717, 1.165) is 36.8 Å². The highest BCUT2D eigenvalue weighted by Gasteiger charge is 2.47. The molecule has 1 heterocycles. The van der Waals surface area contributed by atoms with Crippen LogP contribution in [-0.2, 0) is 31.2 Å². The second-order valence-corrected chi connectivity index (χ2v) is 17.0. The van der Waals surface area contributed by atoms with Crippen LogP contribution in [0.15, 0.2) is 42.0 Å². The quantitative estimate of drug-likeness (QED) is 0.231. The van der Waals surface area contributed by atoms with Crippen LogP contribution in [0.5, 0.6) is 5.75 Å². The van der Waals surface area contributed by atoms with E-state index in [2.05, 4.69) is 11.0 Å². The van der Waals surface area contributed by atoms with Crippen LogP contribution in [0.3, 0.4) is 0 Å². The van der Waals surface area contributed by atoms with Gasteiger partial charge in [0.15, 0.2) is 0 Å². The summed E-state index contributed by atoms with van der Waals surface area (Å²) in [4.78, 5) is 26.6. The number of allylic oxidation sites excluding steroid dienone is 1. The molecule has 0 aromatic heterocycles. The summed E-state index contributed by atoms with van der Waals surface area (Å²) in [5, 5.41) is 9.47. The lowest BCUT2D eigenvalue weighted by Gasteiger charge is -2.48. The zero-order valence-corrected chi connectivity index (χ0v) is 28.9. The molecule has 0 amide bonds. The number of fused-ring (bicyclic) bond motifs is 3. The van der Waals surface area contributed by atoms with E-state index in [4.69, 9.17) is 21.1 Å². The molecule has 7 atom stereocenters. The van der Waals surface area contributed by atoms with Gasteiger partial charge in [0, 0.05) is 37.6 Å². The van der Waals surface area contributed by atoms with Gasteiger partial charge in [-0.3, -0.25) is 4.79 Å². The Labute approximate surface area is 281 Å². The molecule has 0 bridgehead atoms. The zero-order valence-electron chi connectivity index (χ0n) is 27.3. The van der Waals surface area contributed by atoms with Crippen LogP contribution in [0.1, 0.15) is 74.4 Å². The molecule has 0 saturated heterocycles. The Morgan fingerprint density at radius 3 is 2.60 bits per heavy atom. The molecule has 1 saturated carbocycles. The molecule has 0 radical (unpaired) electrons. The Bertz CT molecular complexity index is 1730. The molecular weight excluding hydrogens is 645 g/mol. The van der Waals surface area contributed by atoms with E-state index in [9.17, 15) is 23.1 Å². The van der Waals surface area contributed by atoms with Crippen LogP contribution < -0.4 is 9.64 Å². The van der Waals surface area contributed by atoms with Gasteiger partial charge in [-0.25, -0.2) is 17.6 Å². The molecule has 254 valence electrons. The number of carbonyl (C=O) groups is 2. The molecule has 3 aliphatic carbocycles. The van der Waals surface area contributed by atoms with Crippen LogP contribution in [0.4, 0.5) is 10.1 Å². The van der Waals surface area contributed by atoms with Crippen molar-refractivity contribution in [2.75, 3.05) is 30.9 Å². The maximum absolute atomic E-state index is 15.3. The molecule has 2 aromatic carbocycles. The van der Waals surface area contributed by atoms with Gasteiger partial charge in [0.2, 0.25) is 0 Å². The minimum absolute atomic E-state index is 0.0508. The van der Waals surface area contributed by atoms with Gasteiger partial charge in [-0.2, -0.15) is 0 Å². The van der Waals surface area contributed by atoms with Gasteiger partial charge < -0.3 is 19.5 Å². The summed E-state index contributed by atoms with van der Waals surface area (Å²) in [6.45, 7) is 6.52. The van der Waals surface area contributed by atoms with E-state index in [-0.39, 0.29) is 46.0 Å². The van der Waals surface area contributed by atoms with Crippen molar-refractivity contribution in [3.63, 3.8) is 0 Å². The molecular formula is C36H43ClFNO7S. The molecule has 1 N–H and O–H groups in total. The molecule has 47 heavy (non-hydrogen) atoms. The number of aromatic carboxylic acids is 1. The Hall–Kier alpha value is -3.11. The zero-order chi connectivity index (χ0) is 33.8. The number of esters is 1. The second kappa shape index (κ2) is 12.7. The van der Waals surface area contributed by atoms with Crippen molar-refractivity contribution in [1.82, 2.24) is 0 Å². The fourth-order valence-corrected chi connectivity index (χ4v) is 9.36. The number of carboxylic acid groups (broad SMARTS) is 1. The number of ether oxygens (including phenoxy) is 2. The highest BCUT2D eigenvalue weighted by atomic mass is 35.5. The first-order chi connectivity index (χ1) is 22.2. The van der Waals surface area contributed by atoms with E-state index in [1.165, 1.54) is 13.2 Å². The average molecular weight is 688 g/mol. The van der Waals surface area contributed by atoms with Crippen molar-refractivity contribution in [2.45, 2.75) is 76.1 Å². The summed E-state index contributed by atoms with van der Waals surface area (Å²) in [5.74, 6) is -0.983. The fourth-order valence-electron chi connectivity index (χ4n) is 8.20. The summed E-state index contributed by atoms with van der Waals surface area (Å²) in [5.41, 5.74) is 2.84. The van der Waals surface area contributed by atoms with Gasteiger partial charge in [-0.05, 0) is 104 Å². The maximum Gasteiger partial charge on any atom is 0.335 e. The lowest BCUT2D eigenvalue weighted by atomic mass is 9.64. The van der Waals surface area contributed by atoms with Gasteiger partial charge in [0.05, 0.1) is 28.1 Å². The van der Waals surface area contributed by atoms with Crippen molar-refractivity contribution in [1.29, 1.82) is 0 Å². The first kappa shape index (κ1) is 33.8. The third-order valence-corrected chi connectivity index (χ3v) is 13.4. The molecule has 4 aliphatic rings. The molecule has 8 nitrogen and oxygen atoms in total. The summed E-state index contributed by atoms with van der Waals surface area (Å²) in [7, 11) is -3.18. The number of sulfone groups is 1. The lowest BCUT2D eigenvalue weighted by molar-refractivity contribution is -0.150. The molecule has 6 rings (SSSR count). The maximum atomic E-state index is 15.3. The van der Waals surface area contributed by atoms with E-state index in [1.54, 1.807) is 31.2 Å². The summed E-state index contributed by atoms with van der Waals surface area (Å²) in [6, 6.07) is 8.42. The first-order valence-electron chi connectivity index (χ1n) is 16.5. The Balaban J connectivity index is 1.31. The Kier molecular flexibility index (Phi) is 9.15. The van der Waals surface area contributed by atoms with E-state index in [1.807, 2.05) is 13.0 Å². The number of nitrogens with zero attached hydrogens (tertiary/aromatic N) is 1. The van der Waals surface area contributed by atoms with E-state index < -0.39 is 32.6 Å². The largest absolute Gasteiger partial charge is 0.490 e. The molecule has 11 heteroatoms. The predicted molar refractivity (Wildman–Crippen MR) is 179 cm³/mol. The normalized spacial score (nSPS) is 27.1. The average Bonchev–Trinajstić information content (AvgIpc) is 3.12. The SMILES string of the molecule is CC(=O)O[C@@H](C1=C[C@H]([C@H](C)[C@@H](C)S(C)(=O)=O)C1)[C@@H]1CC[C@H]1CN1C[C@@]2(CCCc3c2ccc(Cl)c3F)COc2ccc(C(=O)O)cc21. The fraction of sp³-hybridized carbons (Fsp3) is 0.556. The monoisotopic (exact) mass is 687 g/mol. The Morgan fingerprint density at radius 2 is 1.96 bits per heavy atom. The lowest BCUT2D eigenvalue weighted by Crippen LogP contribution is -2.50. The number of anilines is 1. The molecule has 1 fully saturated rings. The third kappa shape index (κ3) is 6.40. The van der Waals surface area contributed by atoms with E-state index in [0.29, 0.717) is 49.5 Å². The van der Waals surface area contributed by atoms with Crippen molar-refractivity contribution >= 4 is 39.1 Å². The molecule has 1 spiro atoms. The van der Waals surface area contributed by atoms with Crippen LogP contribution in [0.25, 0.3) is 0 Å². The van der Waals surface area contributed by atoms with Gasteiger partial charge in [0.1, 0.15) is 27.5 Å². The van der Waals surface area contributed by atoms with Crippen molar-refractivity contribution in [3.05, 3.63) is 69.5 Å². The van der Waals surface area contributed by atoms with Gasteiger partial charge in [0.25, 0.3) is 0 Å². The second-order valence-electron chi connectivity index (χ2n) is 14.2. The topological polar surface area (TPSA) is 110 Å². The van der Waals surface area contributed by atoms with Gasteiger partial charge in [-0.15, -0.1) is 0 Å². The number of halogens is 2. The van der Waals surface area contributed by atoms with Crippen molar-refractivity contribution in [3.8, 4) is 5.75 Å². The van der Waals surface area contributed by atoms with Crippen LogP contribution >= 0.6 is 11.6 Å². The summed E-state index contributed by atoms with van der Waals surface area (Å²) < 4.78 is 52.1. The molecule has 0 unspecified atom stereocenters. The van der Waals surface area contributed by atoms with Crippen molar-refractivity contribution in [2.24, 2.45) is 23.7 Å². The first-order valence-corrected chi connectivity index (χ1v) is 18.8. The highest BCUT2D eigenvalue weighted by molar-refractivity contribution is 7.91. The number of hydrogen-bond acceptors (Lipinski definition) is 7. The number of hydrogen-bond donors (Lipinski definition) is 1. The van der Waals surface area contributed by atoms with Gasteiger partial charge >= 0.3 is 11.9 Å². The highest BCUT2D eigenvalue weighted by Crippen LogP contribution is 2.49. The minimum Gasteiger partial charge on any atom is -0.490 e. The predicted octanol–water partition coefficient (Wildman–Crippen LogP) is 6.62. The minimum atomic E-state index is -3.18. The molecule has 2 aromatic rings. The molecule has 1 aliphatic heterocycles. The van der Waals surface area contributed by atoms with Crippen LogP contribution in [0, 0.1) is 29.5 Å². The number of benzene rings is 2. The Morgan fingerprint density at radius 1 is 1.21 bits per heavy atom. The van der Waals surface area contributed by atoms with Gasteiger partial charge in [-0.1, -0.05) is 30.7 Å². The smallest absolute Gasteiger partial charge is 0.335 e. The van der Waals surface area contributed by atoms with Crippen LogP contribution in [0.2, 0.25) is 5.02 Å². The number of rotatable bonds is 9. The third-order valence-electron chi connectivity index (χ3n) is 11.4. The summed E-state index contributed by atoms with van der Waals surface area (Å²) in [6.07, 6.45) is 7.54. The van der Waals surface area contributed by atoms with E-state index >= 15 is 4.39 Å². The number of carboxylic acids is 1. The standard InChI is InChI=1S/C36H43ClFNO7S/c1-20(21(2)47(4,43)44)25-14-26(15-25)34(46-22(3)40)27-9-7-24(27)17-39-18-36(13-5-6-28-29(36)10-11-30(37)33(28)38)19-45-32-12-8-23(35(41)42)16-31(32)39/h8,10-12,14,16,20-21,24-25,27,34H,5-7,9,13,15,17-19H2,1-4H3,(H,41,42)/t20-,21-,24+,25+,27-,34+,36+/m1/s1. The van der Waals surface area contributed by atoms with Crippen molar-refractivity contribution < 1.29 is 37.0 Å². The summed E-state index contributed by atoms with van der Waals surface area (Å²) >= 11 is 6.20.